The number of rotatable bonds is 4. The topological polar surface area (TPSA) is 21.3 Å². The minimum atomic E-state index is 0.789. The molecule has 2 nitrogen and oxygen atoms in total. The summed E-state index contributed by atoms with van der Waals surface area (Å²) in [4.78, 5) is 0. The Morgan fingerprint density at radius 2 is 2.12 bits per heavy atom. The zero-order chi connectivity index (χ0) is 11.2. The summed E-state index contributed by atoms with van der Waals surface area (Å²) < 4.78 is 5.31. The summed E-state index contributed by atoms with van der Waals surface area (Å²) in [5, 5.41) is 3.71. The van der Waals surface area contributed by atoms with Gasteiger partial charge in [0.25, 0.3) is 0 Å². The van der Waals surface area contributed by atoms with Crippen LogP contribution in [0.3, 0.4) is 0 Å². The third-order valence-electron chi connectivity index (χ3n) is 3.95. The van der Waals surface area contributed by atoms with E-state index in [1.807, 2.05) is 0 Å². The third kappa shape index (κ3) is 3.91. The molecule has 1 fully saturated rings. The van der Waals surface area contributed by atoms with Crippen molar-refractivity contribution in [2.45, 2.75) is 51.5 Å². The van der Waals surface area contributed by atoms with Gasteiger partial charge in [0.15, 0.2) is 0 Å². The highest BCUT2D eigenvalue weighted by Gasteiger charge is 2.17. The van der Waals surface area contributed by atoms with Crippen LogP contribution in [-0.4, -0.2) is 25.8 Å². The summed E-state index contributed by atoms with van der Waals surface area (Å²) >= 11 is 0. The van der Waals surface area contributed by atoms with Gasteiger partial charge in [-0.3, -0.25) is 0 Å². The van der Waals surface area contributed by atoms with E-state index in [4.69, 9.17) is 4.74 Å². The maximum absolute atomic E-state index is 5.31. The number of hydrogen-bond acceptors (Lipinski definition) is 2. The van der Waals surface area contributed by atoms with Crippen molar-refractivity contribution in [1.82, 2.24) is 5.32 Å². The lowest BCUT2D eigenvalue weighted by atomic mass is 9.87. The normalized spacial score (nSPS) is 31.2. The van der Waals surface area contributed by atoms with Gasteiger partial charge in [-0.15, -0.1) is 0 Å². The smallest absolute Gasteiger partial charge is 0.0650 e. The Balaban J connectivity index is 1.59. The maximum Gasteiger partial charge on any atom is 0.0650 e. The summed E-state index contributed by atoms with van der Waals surface area (Å²) in [6, 6.07) is 0.789. The molecule has 0 bridgehead atoms. The molecule has 0 saturated heterocycles. The van der Waals surface area contributed by atoms with Crippen molar-refractivity contribution < 1.29 is 4.74 Å². The first-order chi connectivity index (χ1) is 7.84. The molecule has 92 valence electrons. The van der Waals surface area contributed by atoms with Crippen molar-refractivity contribution >= 4 is 0 Å². The van der Waals surface area contributed by atoms with E-state index in [-0.39, 0.29) is 0 Å². The molecule has 1 heterocycles. The number of hydrogen-bond donors (Lipinski definition) is 1. The van der Waals surface area contributed by atoms with E-state index >= 15 is 0 Å². The summed E-state index contributed by atoms with van der Waals surface area (Å²) in [6.07, 6.45) is 10.2. The Labute approximate surface area is 99.4 Å². The average molecular weight is 223 g/mol. The molecule has 0 aromatic heterocycles. The Morgan fingerprint density at radius 3 is 2.81 bits per heavy atom. The second-order valence-electron chi connectivity index (χ2n) is 5.35. The highest BCUT2D eigenvalue weighted by atomic mass is 16.5. The van der Waals surface area contributed by atoms with E-state index < -0.39 is 0 Å². The Hall–Kier alpha value is -0.340. The SMILES string of the molecule is CC1CCC(NCCC2=CCOCC2)CC1. The second kappa shape index (κ2) is 6.41. The van der Waals surface area contributed by atoms with Crippen LogP contribution in [0.5, 0.6) is 0 Å². The zero-order valence-electron chi connectivity index (χ0n) is 10.5. The molecule has 1 N–H and O–H groups in total. The molecule has 16 heavy (non-hydrogen) atoms. The largest absolute Gasteiger partial charge is 0.377 e. The van der Waals surface area contributed by atoms with Crippen LogP contribution in [0.4, 0.5) is 0 Å². The summed E-state index contributed by atoms with van der Waals surface area (Å²) in [6.45, 7) is 5.29. The fourth-order valence-corrected chi connectivity index (χ4v) is 2.69. The lowest BCUT2D eigenvalue weighted by Crippen LogP contribution is -2.33. The maximum atomic E-state index is 5.31. The van der Waals surface area contributed by atoms with E-state index in [1.54, 1.807) is 5.57 Å². The second-order valence-corrected chi connectivity index (χ2v) is 5.35. The molecule has 0 aromatic rings. The molecule has 0 spiro atoms. The van der Waals surface area contributed by atoms with Crippen LogP contribution < -0.4 is 5.32 Å². The van der Waals surface area contributed by atoms with Gasteiger partial charge in [0.1, 0.15) is 0 Å². The lowest BCUT2D eigenvalue weighted by molar-refractivity contribution is 0.153. The average Bonchev–Trinajstić information content (AvgIpc) is 2.33. The Morgan fingerprint density at radius 1 is 1.31 bits per heavy atom. The predicted molar refractivity (Wildman–Crippen MR) is 67.6 cm³/mol. The standard InChI is InChI=1S/C14H25NO/c1-12-2-4-14(5-3-12)15-9-6-13-7-10-16-11-8-13/h7,12,14-15H,2-6,8-11H2,1H3. The zero-order valence-corrected chi connectivity index (χ0v) is 10.5. The first-order valence-electron chi connectivity index (χ1n) is 6.83. The molecule has 0 radical (unpaired) electrons. The van der Waals surface area contributed by atoms with Gasteiger partial charge in [-0.2, -0.15) is 0 Å². The van der Waals surface area contributed by atoms with E-state index in [9.17, 15) is 0 Å². The van der Waals surface area contributed by atoms with Crippen LogP contribution in [0.1, 0.15) is 45.4 Å². The quantitative estimate of drug-likeness (QED) is 0.740. The highest BCUT2D eigenvalue weighted by molar-refractivity contribution is 5.04. The molecule has 0 aromatic carbocycles. The van der Waals surface area contributed by atoms with Crippen LogP contribution >= 0.6 is 0 Å². The predicted octanol–water partition coefficient (Wildman–Crippen LogP) is 2.89. The molecule has 1 aliphatic heterocycles. The molecule has 2 rings (SSSR count). The van der Waals surface area contributed by atoms with Gasteiger partial charge in [0.2, 0.25) is 0 Å². The lowest BCUT2D eigenvalue weighted by Gasteiger charge is -2.27. The molecular weight excluding hydrogens is 198 g/mol. The third-order valence-corrected chi connectivity index (χ3v) is 3.95. The van der Waals surface area contributed by atoms with Gasteiger partial charge < -0.3 is 10.1 Å². The van der Waals surface area contributed by atoms with Gasteiger partial charge in [0.05, 0.1) is 13.2 Å². The minimum Gasteiger partial charge on any atom is -0.377 e. The fourth-order valence-electron chi connectivity index (χ4n) is 2.69. The van der Waals surface area contributed by atoms with Crippen LogP contribution in [0.15, 0.2) is 11.6 Å². The van der Waals surface area contributed by atoms with Crippen LogP contribution in [0.2, 0.25) is 0 Å². The van der Waals surface area contributed by atoms with Crippen molar-refractivity contribution in [1.29, 1.82) is 0 Å². The molecular formula is C14H25NO. The van der Waals surface area contributed by atoms with E-state index in [0.29, 0.717) is 0 Å². The molecule has 2 aliphatic rings. The number of ether oxygens (including phenoxy) is 1. The number of nitrogens with one attached hydrogen (secondary N) is 1. The van der Waals surface area contributed by atoms with Gasteiger partial charge in [-0.05, 0) is 51.0 Å². The Bertz CT molecular complexity index is 229. The van der Waals surface area contributed by atoms with E-state index in [0.717, 1.165) is 38.1 Å². The van der Waals surface area contributed by atoms with Gasteiger partial charge in [0, 0.05) is 6.04 Å². The van der Waals surface area contributed by atoms with Gasteiger partial charge >= 0.3 is 0 Å². The first-order valence-corrected chi connectivity index (χ1v) is 6.83. The van der Waals surface area contributed by atoms with E-state index in [1.165, 1.54) is 32.1 Å². The Kier molecular flexibility index (Phi) is 4.86. The molecule has 1 aliphatic carbocycles. The van der Waals surface area contributed by atoms with Crippen molar-refractivity contribution in [3.05, 3.63) is 11.6 Å². The molecule has 0 unspecified atom stereocenters. The molecule has 1 saturated carbocycles. The van der Waals surface area contributed by atoms with Gasteiger partial charge in [-0.1, -0.05) is 18.6 Å². The highest BCUT2D eigenvalue weighted by Crippen LogP contribution is 2.23. The summed E-state index contributed by atoms with van der Waals surface area (Å²) in [5.41, 5.74) is 1.59. The molecule has 0 atom stereocenters. The monoisotopic (exact) mass is 223 g/mol. The van der Waals surface area contributed by atoms with Crippen LogP contribution in [-0.2, 0) is 4.74 Å². The summed E-state index contributed by atoms with van der Waals surface area (Å²) in [7, 11) is 0. The first kappa shape index (κ1) is 12.1. The van der Waals surface area contributed by atoms with Gasteiger partial charge in [-0.25, -0.2) is 0 Å². The fraction of sp³-hybridized carbons (Fsp3) is 0.857. The van der Waals surface area contributed by atoms with Crippen molar-refractivity contribution in [2.24, 2.45) is 5.92 Å². The van der Waals surface area contributed by atoms with E-state index in [2.05, 4.69) is 18.3 Å². The van der Waals surface area contributed by atoms with Crippen molar-refractivity contribution in [3.8, 4) is 0 Å². The minimum absolute atomic E-state index is 0.789. The molecule has 2 heteroatoms. The van der Waals surface area contributed by atoms with Crippen molar-refractivity contribution in [2.75, 3.05) is 19.8 Å². The molecule has 0 amide bonds. The van der Waals surface area contributed by atoms with Crippen LogP contribution in [0, 0.1) is 5.92 Å². The van der Waals surface area contributed by atoms with Crippen molar-refractivity contribution in [3.63, 3.8) is 0 Å². The van der Waals surface area contributed by atoms with Crippen LogP contribution in [0.25, 0.3) is 0 Å². The summed E-state index contributed by atoms with van der Waals surface area (Å²) in [5.74, 6) is 0.955.